The molecule has 26 heavy (non-hydrogen) atoms. The van der Waals surface area contributed by atoms with Crippen LogP contribution in [0.5, 0.6) is 5.75 Å². The summed E-state index contributed by atoms with van der Waals surface area (Å²) in [4.78, 5) is 27.5. The number of nitrogens with two attached hydrogens (primary N) is 1. The molecule has 0 aromatic heterocycles. The quantitative estimate of drug-likeness (QED) is 0.818. The van der Waals surface area contributed by atoms with Crippen molar-refractivity contribution < 1.29 is 19.1 Å². The van der Waals surface area contributed by atoms with Gasteiger partial charge in [0.15, 0.2) is 0 Å². The molecule has 2 aliphatic rings. The number of carbonyl (C=O) groups is 2. The zero-order valence-corrected chi connectivity index (χ0v) is 15.2. The maximum atomic E-state index is 13.0. The SMILES string of the molecule is COc1cccc(N2CCCC(NC(=O)C3(CN)CCOCC3)C2=O)c1. The van der Waals surface area contributed by atoms with Crippen LogP contribution in [0.4, 0.5) is 5.69 Å². The number of hydrogen-bond acceptors (Lipinski definition) is 5. The molecule has 3 N–H and O–H groups in total. The van der Waals surface area contributed by atoms with Gasteiger partial charge in [-0.25, -0.2) is 0 Å². The number of amides is 2. The van der Waals surface area contributed by atoms with Gasteiger partial charge in [0.25, 0.3) is 0 Å². The number of hydrogen-bond donors (Lipinski definition) is 2. The average molecular weight is 361 g/mol. The van der Waals surface area contributed by atoms with Crippen molar-refractivity contribution in [2.45, 2.75) is 31.7 Å². The van der Waals surface area contributed by atoms with Crippen molar-refractivity contribution >= 4 is 17.5 Å². The van der Waals surface area contributed by atoms with Gasteiger partial charge in [-0.05, 0) is 37.8 Å². The Bertz CT molecular complexity index is 658. The lowest BCUT2D eigenvalue weighted by atomic mass is 9.79. The van der Waals surface area contributed by atoms with Gasteiger partial charge in [0.1, 0.15) is 11.8 Å². The molecule has 2 saturated heterocycles. The first-order valence-electron chi connectivity index (χ1n) is 9.14. The number of methoxy groups -OCH3 is 1. The predicted octanol–water partition coefficient (Wildman–Crippen LogP) is 1.06. The van der Waals surface area contributed by atoms with Gasteiger partial charge in [-0.2, -0.15) is 0 Å². The summed E-state index contributed by atoms with van der Waals surface area (Å²) in [5.74, 6) is 0.483. The summed E-state index contributed by atoms with van der Waals surface area (Å²) in [6.07, 6.45) is 2.65. The van der Waals surface area contributed by atoms with Crippen molar-refractivity contribution in [1.29, 1.82) is 0 Å². The first-order chi connectivity index (χ1) is 12.6. The summed E-state index contributed by atoms with van der Waals surface area (Å²) in [7, 11) is 1.60. The Labute approximate surface area is 153 Å². The minimum atomic E-state index is -0.628. The molecule has 142 valence electrons. The molecule has 2 heterocycles. The second kappa shape index (κ2) is 8.05. The Balaban J connectivity index is 1.72. The lowest BCUT2D eigenvalue weighted by molar-refractivity contribution is -0.139. The largest absolute Gasteiger partial charge is 0.497 e. The zero-order chi connectivity index (χ0) is 18.6. The van der Waals surface area contributed by atoms with Crippen LogP contribution in [0.25, 0.3) is 0 Å². The summed E-state index contributed by atoms with van der Waals surface area (Å²) in [5.41, 5.74) is 6.06. The van der Waals surface area contributed by atoms with Gasteiger partial charge in [-0.15, -0.1) is 0 Å². The number of ether oxygens (including phenoxy) is 2. The molecule has 2 aliphatic heterocycles. The van der Waals surface area contributed by atoms with Crippen LogP contribution in [-0.4, -0.2) is 51.3 Å². The lowest BCUT2D eigenvalue weighted by Gasteiger charge is -2.38. The number of nitrogens with one attached hydrogen (secondary N) is 1. The molecule has 0 radical (unpaired) electrons. The van der Waals surface area contributed by atoms with Gasteiger partial charge >= 0.3 is 0 Å². The molecule has 0 spiro atoms. The third kappa shape index (κ3) is 3.68. The van der Waals surface area contributed by atoms with Gasteiger partial charge in [0.05, 0.1) is 12.5 Å². The van der Waals surface area contributed by atoms with Crippen molar-refractivity contribution in [2.75, 3.05) is 38.3 Å². The molecule has 2 amide bonds. The van der Waals surface area contributed by atoms with Crippen LogP contribution in [0.1, 0.15) is 25.7 Å². The monoisotopic (exact) mass is 361 g/mol. The van der Waals surface area contributed by atoms with Crippen molar-refractivity contribution in [2.24, 2.45) is 11.1 Å². The second-order valence-electron chi connectivity index (χ2n) is 6.96. The van der Waals surface area contributed by atoms with E-state index in [0.717, 1.165) is 12.1 Å². The predicted molar refractivity (Wildman–Crippen MR) is 98.1 cm³/mol. The van der Waals surface area contributed by atoms with Gasteiger partial charge < -0.3 is 25.4 Å². The first-order valence-corrected chi connectivity index (χ1v) is 9.14. The van der Waals surface area contributed by atoms with Gasteiger partial charge in [-0.3, -0.25) is 9.59 Å². The molecular weight excluding hydrogens is 334 g/mol. The van der Waals surface area contributed by atoms with Crippen molar-refractivity contribution in [3.05, 3.63) is 24.3 Å². The fraction of sp³-hybridized carbons (Fsp3) is 0.579. The number of rotatable bonds is 5. The molecular formula is C19H27N3O4. The van der Waals surface area contributed by atoms with E-state index in [1.54, 1.807) is 12.0 Å². The topological polar surface area (TPSA) is 93.9 Å². The summed E-state index contributed by atoms with van der Waals surface area (Å²) in [5, 5.41) is 2.96. The summed E-state index contributed by atoms with van der Waals surface area (Å²) in [6.45, 7) is 1.95. The van der Waals surface area contributed by atoms with Gasteiger partial charge in [0.2, 0.25) is 11.8 Å². The molecule has 0 aliphatic carbocycles. The Morgan fingerprint density at radius 3 is 2.88 bits per heavy atom. The van der Waals surface area contributed by atoms with Crippen LogP contribution in [0.2, 0.25) is 0 Å². The number of carbonyl (C=O) groups excluding carboxylic acids is 2. The summed E-state index contributed by atoms with van der Waals surface area (Å²) < 4.78 is 10.6. The second-order valence-corrected chi connectivity index (χ2v) is 6.96. The minimum Gasteiger partial charge on any atom is -0.497 e. The molecule has 7 heteroatoms. The highest BCUT2D eigenvalue weighted by Gasteiger charge is 2.41. The Morgan fingerprint density at radius 2 is 2.19 bits per heavy atom. The minimum absolute atomic E-state index is 0.0860. The van der Waals surface area contributed by atoms with Crippen LogP contribution >= 0.6 is 0 Å². The molecule has 2 fully saturated rings. The van der Waals surface area contributed by atoms with E-state index in [0.29, 0.717) is 44.8 Å². The Morgan fingerprint density at radius 1 is 1.42 bits per heavy atom. The molecule has 1 unspecified atom stereocenters. The van der Waals surface area contributed by atoms with Crippen molar-refractivity contribution in [3.8, 4) is 5.75 Å². The average Bonchev–Trinajstić information content (AvgIpc) is 2.70. The standard InChI is InChI=1S/C19H27N3O4/c1-25-15-5-2-4-14(12-15)22-9-3-6-16(17(22)23)21-18(24)19(13-20)7-10-26-11-8-19/h2,4-5,12,16H,3,6-11,13,20H2,1H3,(H,21,24). The van der Waals surface area contributed by atoms with E-state index in [1.807, 2.05) is 24.3 Å². The highest BCUT2D eigenvalue weighted by Crippen LogP contribution is 2.31. The fourth-order valence-electron chi connectivity index (χ4n) is 3.64. The Kier molecular flexibility index (Phi) is 5.78. The van der Waals surface area contributed by atoms with Crippen LogP contribution in [0.3, 0.4) is 0 Å². The Hall–Kier alpha value is -2.12. The molecule has 0 saturated carbocycles. The van der Waals surface area contributed by atoms with Crippen LogP contribution in [0.15, 0.2) is 24.3 Å². The summed E-state index contributed by atoms with van der Waals surface area (Å²) in [6, 6.07) is 6.89. The summed E-state index contributed by atoms with van der Waals surface area (Å²) >= 11 is 0. The van der Waals surface area contributed by atoms with E-state index in [2.05, 4.69) is 5.32 Å². The molecule has 1 aromatic rings. The molecule has 7 nitrogen and oxygen atoms in total. The number of benzene rings is 1. The van der Waals surface area contributed by atoms with Gasteiger partial charge in [-0.1, -0.05) is 6.07 Å². The highest BCUT2D eigenvalue weighted by atomic mass is 16.5. The van der Waals surface area contributed by atoms with E-state index < -0.39 is 11.5 Å². The number of anilines is 1. The third-order valence-electron chi connectivity index (χ3n) is 5.43. The number of nitrogens with zero attached hydrogens (tertiary/aromatic N) is 1. The van der Waals surface area contributed by atoms with Crippen LogP contribution < -0.4 is 20.7 Å². The number of piperidine rings is 1. The highest BCUT2D eigenvalue weighted by molar-refractivity contribution is 6.00. The van der Waals surface area contributed by atoms with E-state index in [1.165, 1.54) is 0 Å². The fourth-order valence-corrected chi connectivity index (χ4v) is 3.64. The molecule has 3 rings (SSSR count). The normalized spacial score (nSPS) is 22.8. The van der Waals surface area contributed by atoms with E-state index in [4.69, 9.17) is 15.2 Å². The van der Waals surface area contributed by atoms with E-state index in [-0.39, 0.29) is 18.4 Å². The lowest BCUT2D eigenvalue weighted by Crippen LogP contribution is -2.57. The van der Waals surface area contributed by atoms with Crippen molar-refractivity contribution in [3.63, 3.8) is 0 Å². The maximum absolute atomic E-state index is 13.0. The molecule has 1 aromatic carbocycles. The molecule has 1 atom stereocenters. The van der Waals surface area contributed by atoms with Crippen LogP contribution in [-0.2, 0) is 14.3 Å². The first kappa shape index (κ1) is 18.7. The maximum Gasteiger partial charge on any atom is 0.249 e. The zero-order valence-electron chi connectivity index (χ0n) is 15.2. The van der Waals surface area contributed by atoms with E-state index in [9.17, 15) is 9.59 Å². The smallest absolute Gasteiger partial charge is 0.249 e. The van der Waals surface area contributed by atoms with E-state index >= 15 is 0 Å². The van der Waals surface area contributed by atoms with Gasteiger partial charge in [0, 0.05) is 38.1 Å². The third-order valence-corrected chi connectivity index (χ3v) is 5.43. The van der Waals surface area contributed by atoms with Crippen LogP contribution in [0, 0.1) is 5.41 Å². The van der Waals surface area contributed by atoms with Crippen molar-refractivity contribution in [1.82, 2.24) is 5.32 Å². The molecule has 0 bridgehead atoms.